The molecule has 1 N–H and O–H groups in total. The third kappa shape index (κ3) is 2.41. The van der Waals surface area contributed by atoms with Crippen molar-refractivity contribution in [3.05, 3.63) is 17.0 Å². The molecule has 0 spiro atoms. The Bertz CT molecular complexity index is 477. The van der Waals surface area contributed by atoms with Crippen LogP contribution in [0.2, 0.25) is 0 Å². The minimum atomic E-state index is 0.498. The van der Waals surface area contributed by atoms with Crippen LogP contribution >= 0.6 is 0 Å². The molecule has 2 bridgehead atoms. The van der Waals surface area contributed by atoms with Crippen molar-refractivity contribution in [2.45, 2.75) is 58.9 Å². The van der Waals surface area contributed by atoms with Gasteiger partial charge in [-0.25, -0.2) is 0 Å². The number of nitrogens with zero attached hydrogens (tertiary/aromatic N) is 2. The Morgan fingerprint density at radius 3 is 2.60 bits per heavy atom. The van der Waals surface area contributed by atoms with E-state index in [2.05, 4.69) is 38.2 Å². The van der Waals surface area contributed by atoms with E-state index in [4.69, 9.17) is 0 Å². The lowest BCUT2D eigenvalue weighted by atomic mass is 9.82. The number of hydrogen-bond donors (Lipinski definition) is 1. The summed E-state index contributed by atoms with van der Waals surface area (Å²) in [6, 6.07) is 0.498. The zero-order valence-corrected chi connectivity index (χ0v) is 13.4. The predicted molar refractivity (Wildman–Crippen MR) is 82.7 cm³/mol. The van der Waals surface area contributed by atoms with Crippen LogP contribution < -0.4 is 5.32 Å². The van der Waals surface area contributed by atoms with Gasteiger partial charge in [0, 0.05) is 24.3 Å². The maximum atomic E-state index is 4.61. The first-order chi connectivity index (χ1) is 9.60. The van der Waals surface area contributed by atoms with E-state index >= 15 is 0 Å². The van der Waals surface area contributed by atoms with Crippen molar-refractivity contribution >= 4 is 0 Å². The molecule has 1 aromatic heterocycles. The molecule has 2 aliphatic carbocycles. The largest absolute Gasteiger partial charge is 0.310 e. The minimum absolute atomic E-state index is 0.498. The van der Waals surface area contributed by atoms with Gasteiger partial charge in [-0.3, -0.25) is 4.68 Å². The standard InChI is InChI=1S/C17H29N3/c1-5-18-16(17-11(2)19-20(4)12(17)3)10-15-9-13-6-7-14(15)8-13/h13-16,18H,5-10H2,1-4H3. The number of hydrogen-bond acceptors (Lipinski definition) is 2. The summed E-state index contributed by atoms with van der Waals surface area (Å²) in [6.07, 6.45) is 7.28. The van der Waals surface area contributed by atoms with E-state index in [1.807, 2.05) is 4.68 Å². The maximum absolute atomic E-state index is 4.61. The molecule has 3 nitrogen and oxygen atoms in total. The van der Waals surface area contributed by atoms with Crippen molar-refractivity contribution in [3.8, 4) is 0 Å². The van der Waals surface area contributed by atoms with E-state index in [-0.39, 0.29) is 0 Å². The number of aryl methyl sites for hydroxylation is 2. The highest BCUT2D eigenvalue weighted by Crippen LogP contribution is 2.51. The normalized spacial score (nSPS) is 30.1. The summed E-state index contributed by atoms with van der Waals surface area (Å²) >= 11 is 0. The molecule has 0 amide bonds. The van der Waals surface area contributed by atoms with Gasteiger partial charge in [0.15, 0.2) is 0 Å². The first kappa shape index (κ1) is 14.1. The lowest BCUT2D eigenvalue weighted by Crippen LogP contribution is -2.26. The van der Waals surface area contributed by atoms with Crippen LogP contribution in [0.25, 0.3) is 0 Å². The molecule has 3 rings (SSSR count). The van der Waals surface area contributed by atoms with Gasteiger partial charge in [0.25, 0.3) is 0 Å². The highest BCUT2D eigenvalue weighted by molar-refractivity contribution is 5.28. The number of aromatic nitrogens is 2. The molecule has 4 atom stereocenters. The van der Waals surface area contributed by atoms with Gasteiger partial charge in [-0.15, -0.1) is 0 Å². The Labute approximate surface area is 123 Å². The molecule has 112 valence electrons. The van der Waals surface area contributed by atoms with Crippen molar-refractivity contribution in [3.63, 3.8) is 0 Å². The Kier molecular flexibility index (Phi) is 3.89. The fourth-order valence-corrected chi connectivity index (χ4v) is 4.81. The molecule has 0 saturated heterocycles. The lowest BCUT2D eigenvalue weighted by Gasteiger charge is -2.27. The van der Waals surface area contributed by atoms with E-state index in [0.29, 0.717) is 6.04 Å². The molecule has 2 aliphatic rings. The van der Waals surface area contributed by atoms with E-state index < -0.39 is 0 Å². The fraction of sp³-hybridized carbons (Fsp3) is 0.824. The zero-order valence-electron chi connectivity index (χ0n) is 13.4. The van der Waals surface area contributed by atoms with Crippen LogP contribution in [0.4, 0.5) is 0 Å². The molecule has 2 saturated carbocycles. The second-order valence-corrected chi connectivity index (χ2v) is 6.99. The predicted octanol–water partition coefficient (Wildman–Crippen LogP) is 3.51. The average Bonchev–Trinajstić information content (AvgIpc) is 3.06. The summed E-state index contributed by atoms with van der Waals surface area (Å²) < 4.78 is 2.04. The van der Waals surface area contributed by atoms with Crippen molar-refractivity contribution in [2.75, 3.05) is 6.54 Å². The molecule has 4 unspecified atom stereocenters. The Balaban J connectivity index is 1.78. The second kappa shape index (κ2) is 5.51. The molecule has 3 heteroatoms. The SMILES string of the molecule is CCNC(CC1CC2CCC1C2)c1c(C)nn(C)c1C. The van der Waals surface area contributed by atoms with Gasteiger partial charge in [0.2, 0.25) is 0 Å². The van der Waals surface area contributed by atoms with Crippen LogP contribution in [-0.2, 0) is 7.05 Å². The van der Waals surface area contributed by atoms with Gasteiger partial charge < -0.3 is 5.32 Å². The average molecular weight is 275 g/mol. The van der Waals surface area contributed by atoms with E-state index in [9.17, 15) is 0 Å². The van der Waals surface area contributed by atoms with Gasteiger partial charge >= 0.3 is 0 Å². The number of nitrogens with one attached hydrogen (secondary N) is 1. The van der Waals surface area contributed by atoms with E-state index in [1.54, 1.807) is 0 Å². The first-order valence-corrected chi connectivity index (χ1v) is 8.33. The van der Waals surface area contributed by atoms with Gasteiger partial charge in [0.05, 0.1) is 5.69 Å². The van der Waals surface area contributed by atoms with Crippen molar-refractivity contribution in [1.29, 1.82) is 0 Å². The van der Waals surface area contributed by atoms with E-state index in [0.717, 1.165) is 24.3 Å². The fourth-order valence-electron chi connectivity index (χ4n) is 4.81. The van der Waals surface area contributed by atoms with Crippen LogP contribution in [0.15, 0.2) is 0 Å². The minimum Gasteiger partial charge on any atom is -0.310 e. The monoisotopic (exact) mass is 275 g/mol. The molecule has 0 radical (unpaired) electrons. The summed E-state index contributed by atoms with van der Waals surface area (Å²) in [5.74, 6) is 3.00. The Morgan fingerprint density at radius 1 is 1.30 bits per heavy atom. The van der Waals surface area contributed by atoms with Crippen LogP contribution in [0, 0.1) is 31.6 Å². The van der Waals surface area contributed by atoms with Gasteiger partial charge in [0.1, 0.15) is 0 Å². The highest BCUT2D eigenvalue weighted by Gasteiger charge is 2.40. The Morgan fingerprint density at radius 2 is 2.10 bits per heavy atom. The summed E-state index contributed by atoms with van der Waals surface area (Å²) in [5, 5.41) is 8.34. The van der Waals surface area contributed by atoms with Crippen molar-refractivity contribution in [1.82, 2.24) is 15.1 Å². The summed E-state index contributed by atoms with van der Waals surface area (Å²) in [7, 11) is 2.06. The van der Waals surface area contributed by atoms with Crippen molar-refractivity contribution in [2.24, 2.45) is 24.8 Å². The smallest absolute Gasteiger partial charge is 0.0644 e. The topological polar surface area (TPSA) is 29.9 Å². The quantitative estimate of drug-likeness (QED) is 0.891. The van der Waals surface area contributed by atoms with Gasteiger partial charge in [-0.05, 0) is 63.8 Å². The molecule has 1 aromatic rings. The van der Waals surface area contributed by atoms with Gasteiger partial charge in [-0.1, -0.05) is 13.3 Å². The van der Waals surface area contributed by atoms with Crippen LogP contribution in [0.5, 0.6) is 0 Å². The van der Waals surface area contributed by atoms with Crippen LogP contribution in [-0.4, -0.2) is 16.3 Å². The summed E-state index contributed by atoms with van der Waals surface area (Å²) in [4.78, 5) is 0. The number of rotatable bonds is 5. The van der Waals surface area contributed by atoms with Crippen LogP contribution in [0.3, 0.4) is 0 Å². The van der Waals surface area contributed by atoms with E-state index in [1.165, 1.54) is 49.1 Å². The number of fused-ring (bicyclic) bond motifs is 2. The van der Waals surface area contributed by atoms with Crippen LogP contribution in [0.1, 0.15) is 62.0 Å². The van der Waals surface area contributed by atoms with Crippen molar-refractivity contribution < 1.29 is 0 Å². The Hall–Kier alpha value is -0.830. The third-order valence-electron chi connectivity index (χ3n) is 5.79. The summed E-state index contributed by atoms with van der Waals surface area (Å²) in [5.41, 5.74) is 3.99. The molecular weight excluding hydrogens is 246 g/mol. The first-order valence-electron chi connectivity index (χ1n) is 8.33. The molecule has 1 heterocycles. The maximum Gasteiger partial charge on any atom is 0.0644 e. The molecule has 0 aliphatic heterocycles. The highest BCUT2D eigenvalue weighted by atomic mass is 15.3. The third-order valence-corrected chi connectivity index (χ3v) is 5.79. The molecule has 0 aromatic carbocycles. The molecule has 20 heavy (non-hydrogen) atoms. The lowest BCUT2D eigenvalue weighted by molar-refractivity contribution is 0.280. The molecular formula is C17H29N3. The van der Waals surface area contributed by atoms with Gasteiger partial charge in [-0.2, -0.15) is 5.10 Å². The second-order valence-electron chi connectivity index (χ2n) is 6.99. The molecule has 2 fully saturated rings. The zero-order chi connectivity index (χ0) is 14.3. The summed E-state index contributed by atoms with van der Waals surface area (Å²) in [6.45, 7) is 7.63.